The molecule has 1 heterocycles. The first kappa shape index (κ1) is 16.4. The van der Waals surface area contributed by atoms with E-state index in [1.807, 2.05) is 25.1 Å². The molecule has 0 spiro atoms. The van der Waals surface area contributed by atoms with Crippen LogP contribution in [0.3, 0.4) is 0 Å². The molecule has 1 aliphatic heterocycles. The van der Waals surface area contributed by atoms with Crippen molar-refractivity contribution >= 4 is 11.4 Å². The lowest BCUT2D eigenvalue weighted by Gasteiger charge is -2.34. The van der Waals surface area contributed by atoms with Gasteiger partial charge in [0.25, 0.3) is 0 Å². The summed E-state index contributed by atoms with van der Waals surface area (Å²) in [6, 6.07) is 11.3. The monoisotopic (exact) mass is 306 g/mol. The molecular formula is C17H18N6. The van der Waals surface area contributed by atoms with Gasteiger partial charge in [0.15, 0.2) is 5.57 Å². The number of aryl methyl sites for hydroxylation is 1. The van der Waals surface area contributed by atoms with Gasteiger partial charge in [-0.25, -0.2) is 0 Å². The first-order valence-electron chi connectivity index (χ1n) is 7.34. The first-order chi connectivity index (χ1) is 11.1. The van der Waals surface area contributed by atoms with E-state index in [9.17, 15) is 0 Å². The highest BCUT2D eigenvalue weighted by Crippen LogP contribution is 2.25. The van der Waals surface area contributed by atoms with Crippen molar-refractivity contribution in [2.75, 3.05) is 43.4 Å². The molecule has 6 nitrogen and oxygen atoms in total. The Morgan fingerprint density at radius 3 is 2.22 bits per heavy atom. The lowest BCUT2D eigenvalue weighted by molar-refractivity contribution is 0.313. The summed E-state index contributed by atoms with van der Waals surface area (Å²) in [5.74, 6) is 0. The summed E-state index contributed by atoms with van der Waals surface area (Å²) in [5, 5.41) is 29.7. The van der Waals surface area contributed by atoms with Gasteiger partial charge in [0.05, 0.1) is 0 Å². The normalized spacial score (nSPS) is 14.3. The number of rotatable bonds is 3. The highest BCUT2D eigenvalue weighted by molar-refractivity contribution is 5.65. The lowest BCUT2D eigenvalue weighted by atomic mass is 10.1. The largest absolute Gasteiger partial charge is 0.369 e. The van der Waals surface area contributed by atoms with E-state index < -0.39 is 0 Å². The molecular weight excluding hydrogens is 288 g/mol. The Kier molecular flexibility index (Phi) is 5.20. The fourth-order valence-corrected chi connectivity index (χ4v) is 2.47. The van der Waals surface area contributed by atoms with E-state index in [0.717, 1.165) is 43.1 Å². The fourth-order valence-electron chi connectivity index (χ4n) is 2.47. The number of hydrogen-bond donors (Lipinski definition) is 1. The number of likely N-dealkylation sites (N-methyl/N-ethyl adjacent to an activating group) is 1. The van der Waals surface area contributed by atoms with E-state index in [4.69, 9.17) is 15.8 Å². The van der Waals surface area contributed by atoms with E-state index in [2.05, 4.69) is 28.2 Å². The van der Waals surface area contributed by atoms with Crippen LogP contribution in [0.1, 0.15) is 5.56 Å². The van der Waals surface area contributed by atoms with Gasteiger partial charge in [-0.1, -0.05) is 0 Å². The molecule has 0 bridgehead atoms. The number of nitriles is 3. The van der Waals surface area contributed by atoms with Crippen molar-refractivity contribution in [3.05, 3.63) is 35.0 Å². The molecule has 116 valence electrons. The molecule has 0 amide bonds. The summed E-state index contributed by atoms with van der Waals surface area (Å²) in [6.07, 6.45) is 0. The topological polar surface area (TPSA) is 89.9 Å². The van der Waals surface area contributed by atoms with Crippen molar-refractivity contribution in [3.63, 3.8) is 0 Å². The van der Waals surface area contributed by atoms with Gasteiger partial charge in [-0.05, 0) is 37.7 Å². The molecule has 1 aromatic carbocycles. The summed E-state index contributed by atoms with van der Waals surface area (Å²) >= 11 is 0. The molecule has 0 aromatic heterocycles. The van der Waals surface area contributed by atoms with Gasteiger partial charge in [0, 0.05) is 37.6 Å². The third-order valence-electron chi connectivity index (χ3n) is 3.92. The molecule has 1 aromatic rings. The van der Waals surface area contributed by atoms with Gasteiger partial charge in [0.1, 0.15) is 23.9 Å². The molecule has 0 saturated carbocycles. The maximum Gasteiger partial charge on any atom is 0.163 e. The number of allylic oxidation sites excluding steroid dienone is 2. The van der Waals surface area contributed by atoms with Crippen LogP contribution < -0.4 is 10.2 Å². The van der Waals surface area contributed by atoms with Crippen LogP contribution in [0, 0.1) is 40.9 Å². The Morgan fingerprint density at radius 1 is 1.04 bits per heavy atom. The van der Waals surface area contributed by atoms with Gasteiger partial charge in [-0.3, -0.25) is 0 Å². The van der Waals surface area contributed by atoms with Crippen molar-refractivity contribution in [2.24, 2.45) is 0 Å². The van der Waals surface area contributed by atoms with Crippen molar-refractivity contribution in [3.8, 4) is 18.2 Å². The Labute approximate surface area is 136 Å². The van der Waals surface area contributed by atoms with Crippen LogP contribution in [-0.2, 0) is 0 Å². The molecule has 0 aliphatic carbocycles. The molecule has 23 heavy (non-hydrogen) atoms. The van der Waals surface area contributed by atoms with E-state index in [0.29, 0.717) is 0 Å². The summed E-state index contributed by atoms with van der Waals surface area (Å²) in [5.41, 5.74) is 2.59. The SMILES string of the molecule is Cc1cc(N2CCN(C)CC2)ccc1NC(C#N)=C(C#N)C#N. The highest BCUT2D eigenvalue weighted by Gasteiger charge is 2.15. The summed E-state index contributed by atoms with van der Waals surface area (Å²) < 4.78 is 0. The minimum absolute atomic E-state index is 0.0227. The molecule has 2 rings (SSSR count). The summed E-state index contributed by atoms with van der Waals surface area (Å²) in [6.45, 7) is 5.98. The molecule has 1 fully saturated rings. The number of piperazine rings is 1. The van der Waals surface area contributed by atoms with E-state index in [1.54, 1.807) is 12.1 Å². The minimum atomic E-state index is -0.213. The van der Waals surface area contributed by atoms with Crippen LogP contribution in [0.25, 0.3) is 0 Å². The number of anilines is 2. The Hall–Kier alpha value is -3.01. The van der Waals surface area contributed by atoms with Gasteiger partial charge in [-0.2, -0.15) is 15.8 Å². The van der Waals surface area contributed by atoms with Crippen molar-refractivity contribution in [1.29, 1.82) is 15.8 Å². The predicted molar refractivity (Wildman–Crippen MR) is 88.4 cm³/mol. The number of nitrogens with zero attached hydrogens (tertiary/aromatic N) is 5. The summed E-state index contributed by atoms with van der Waals surface area (Å²) in [4.78, 5) is 4.63. The van der Waals surface area contributed by atoms with Crippen LogP contribution in [0.5, 0.6) is 0 Å². The second-order valence-corrected chi connectivity index (χ2v) is 5.50. The van der Waals surface area contributed by atoms with Crippen LogP contribution >= 0.6 is 0 Å². The van der Waals surface area contributed by atoms with Gasteiger partial charge in [0.2, 0.25) is 0 Å². The van der Waals surface area contributed by atoms with E-state index in [-0.39, 0.29) is 11.3 Å². The number of benzene rings is 1. The molecule has 1 N–H and O–H groups in total. The molecule has 0 radical (unpaired) electrons. The highest BCUT2D eigenvalue weighted by atomic mass is 15.2. The zero-order valence-electron chi connectivity index (χ0n) is 13.3. The average molecular weight is 306 g/mol. The third kappa shape index (κ3) is 3.80. The van der Waals surface area contributed by atoms with Crippen molar-refractivity contribution < 1.29 is 0 Å². The van der Waals surface area contributed by atoms with Crippen LogP contribution in [0.15, 0.2) is 29.5 Å². The maximum atomic E-state index is 9.11. The molecule has 0 unspecified atom stereocenters. The molecule has 1 saturated heterocycles. The standard InChI is InChI=1S/C17H18N6/c1-13-9-15(23-7-5-22(2)6-8-23)3-4-16(13)21-17(12-20)14(10-18)11-19/h3-4,9,21H,5-8H2,1-2H3. The van der Waals surface area contributed by atoms with Crippen LogP contribution in [-0.4, -0.2) is 38.1 Å². The second-order valence-electron chi connectivity index (χ2n) is 5.50. The van der Waals surface area contributed by atoms with Crippen LogP contribution in [0.4, 0.5) is 11.4 Å². The average Bonchev–Trinajstić information content (AvgIpc) is 2.57. The molecule has 1 aliphatic rings. The Bertz CT molecular complexity index is 720. The minimum Gasteiger partial charge on any atom is -0.369 e. The first-order valence-corrected chi connectivity index (χ1v) is 7.34. The summed E-state index contributed by atoms with van der Waals surface area (Å²) in [7, 11) is 2.12. The quantitative estimate of drug-likeness (QED) is 0.859. The van der Waals surface area contributed by atoms with E-state index in [1.165, 1.54) is 0 Å². The zero-order chi connectivity index (χ0) is 16.8. The van der Waals surface area contributed by atoms with Crippen molar-refractivity contribution in [2.45, 2.75) is 6.92 Å². The van der Waals surface area contributed by atoms with Gasteiger partial charge >= 0.3 is 0 Å². The van der Waals surface area contributed by atoms with Crippen molar-refractivity contribution in [1.82, 2.24) is 4.90 Å². The Morgan fingerprint density at radius 2 is 1.70 bits per heavy atom. The maximum absolute atomic E-state index is 9.11. The lowest BCUT2D eigenvalue weighted by Crippen LogP contribution is -2.44. The van der Waals surface area contributed by atoms with Crippen LogP contribution in [0.2, 0.25) is 0 Å². The Balaban J connectivity index is 2.21. The second kappa shape index (κ2) is 7.31. The number of hydrogen-bond acceptors (Lipinski definition) is 6. The van der Waals surface area contributed by atoms with Gasteiger partial charge in [-0.15, -0.1) is 0 Å². The number of nitrogens with one attached hydrogen (secondary N) is 1. The van der Waals surface area contributed by atoms with Gasteiger partial charge < -0.3 is 15.1 Å². The molecule has 6 heteroatoms. The fraction of sp³-hybridized carbons (Fsp3) is 0.353. The zero-order valence-corrected chi connectivity index (χ0v) is 13.3. The smallest absolute Gasteiger partial charge is 0.163 e. The molecule has 0 atom stereocenters. The third-order valence-corrected chi connectivity index (χ3v) is 3.92. The predicted octanol–water partition coefficient (Wildman–Crippen LogP) is 1.98. The van der Waals surface area contributed by atoms with E-state index >= 15 is 0 Å².